The molecule has 9 rings (SSSR count). The van der Waals surface area contributed by atoms with Crippen molar-refractivity contribution in [2.75, 3.05) is 16.0 Å². The van der Waals surface area contributed by atoms with Crippen LogP contribution in [0.5, 0.6) is 0 Å². The van der Waals surface area contributed by atoms with Gasteiger partial charge >= 0.3 is 0 Å². The molecule has 3 aliphatic rings. The Hall–Kier alpha value is -6.50. The Balaban J connectivity index is 1.10. The zero-order chi connectivity index (χ0) is 28.3. The van der Waals surface area contributed by atoms with Crippen molar-refractivity contribution < 1.29 is 0 Å². The summed E-state index contributed by atoms with van der Waals surface area (Å²) in [6.45, 7) is 0. The van der Waals surface area contributed by atoms with Crippen molar-refractivity contribution in [3.8, 4) is 0 Å². The summed E-state index contributed by atoms with van der Waals surface area (Å²) in [7, 11) is 0. The van der Waals surface area contributed by atoms with Gasteiger partial charge in [-0.25, -0.2) is 4.90 Å². The highest BCUT2D eigenvalue weighted by atomic mass is 15.5. The van der Waals surface area contributed by atoms with E-state index < -0.39 is 0 Å². The normalized spacial score (nSPS) is 15.8. The molecule has 3 aromatic heterocycles. The molecule has 0 aliphatic carbocycles. The summed E-state index contributed by atoms with van der Waals surface area (Å²) >= 11 is 0. The highest BCUT2D eigenvalue weighted by Crippen LogP contribution is 2.24. The molecule has 3 aliphatic heterocycles. The van der Waals surface area contributed by atoms with E-state index in [0.29, 0.717) is 35.8 Å². The largest absolute Gasteiger partial charge is 0.361 e. The van der Waals surface area contributed by atoms with Crippen molar-refractivity contribution in [1.29, 1.82) is 0 Å². The van der Waals surface area contributed by atoms with Crippen LogP contribution in [0.2, 0.25) is 0 Å². The number of hydrogen-bond donors (Lipinski definition) is 6. The number of aliphatic imine (C=N–C) groups is 6. The Morgan fingerprint density at radius 2 is 0.767 bits per heavy atom. The predicted octanol–water partition coefficient (Wildman–Crippen LogP) is 5.25. The van der Waals surface area contributed by atoms with Gasteiger partial charge in [0.15, 0.2) is 0 Å². The van der Waals surface area contributed by atoms with Gasteiger partial charge in [0.2, 0.25) is 35.8 Å². The number of nitrogens with one attached hydrogen (secondary N) is 6. The molecule has 0 spiro atoms. The molecule has 3 aromatic carbocycles. The first-order valence-electron chi connectivity index (χ1n) is 13.6. The fraction of sp³-hybridized carbons (Fsp3) is 0. The van der Waals surface area contributed by atoms with E-state index in [1.54, 1.807) is 4.90 Å². The van der Waals surface area contributed by atoms with Gasteiger partial charge in [0, 0.05) is 68.4 Å². The fourth-order valence-electron chi connectivity index (χ4n) is 5.23. The molecule has 13 nitrogen and oxygen atoms in total. The van der Waals surface area contributed by atoms with Crippen LogP contribution < -0.4 is 16.0 Å². The maximum atomic E-state index is 4.71. The monoisotopic (exact) mass is 563 g/mol. The molecule has 0 unspecified atom stereocenters. The average molecular weight is 564 g/mol. The third-order valence-corrected chi connectivity index (χ3v) is 7.26. The highest BCUT2D eigenvalue weighted by Gasteiger charge is 2.35. The number of guanidine groups is 6. The number of rotatable bonds is 3. The standard InChI is InChI=1S/C30H21N13/c1-4-22-16(7-10-31-22)13-19(1)34-25-37-28-39-26(35-20-2-5-23-17(14-20)8-11-32-23)41-30-42-27(40-29(38-25)43(28)30)36-21-3-6-24-18(15-21)9-12-33-24/h1-15,31-33H,(H3,34,35,36,37,38,39,40,41,42). The molecule has 6 heterocycles. The number of nitrogens with zero attached hydrogens (tertiary/aromatic N) is 7. The van der Waals surface area contributed by atoms with Gasteiger partial charge < -0.3 is 30.9 Å². The van der Waals surface area contributed by atoms with Crippen LogP contribution in [0.15, 0.2) is 121 Å². The van der Waals surface area contributed by atoms with Gasteiger partial charge in [0.25, 0.3) is 0 Å². The molecule has 6 N–H and O–H groups in total. The second kappa shape index (κ2) is 9.01. The minimum atomic E-state index is 0.339. The lowest BCUT2D eigenvalue weighted by atomic mass is 10.2. The lowest BCUT2D eigenvalue weighted by Gasteiger charge is -2.30. The number of anilines is 3. The van der Waals surface area contributed by atoms with Gasteiger partial charge in [-0.3, -0.25) is 0 Å². The SMILES string of the molecule is c1cc2cc(NC3=NC4=NC(Nc5ccc6[nH]ccc6c5)=NC5=NC(Nc6ccc7[nH]ccc7c6)=NC(=N3)N45)ccc2[nH]1. The van der Waals surface area contributed by atoms with E-state index in [2.05, 4.69) is 30.9 Å². The van der Waals surface area contributed by atoms with E-state index in [0.717, 1.165) is 49.8 Å². The highest BCUT2D eigenvalue weighted by molar-refractivity contribution is 6.32. The van der Waals surface area contributed by atoms with Gasteiger partial charge in [-0.2, -0.15) is 30.0 Å². The van der Waals surface area contributed by atoms with Gasteiger partial charge in [-0.15, -0.1) is 0 Å². The van der Waals surface area contributed by atoms with Crippen molar-refractivity contribution >= 4 is 85.5 Å². The summed E-state index contributed by atoms with van der Waals surface area (Å²) in [6, 6.07) is 24.0. The Kier molecular flexibility index (Phi) is 4.86. The first kappa shape index (κ1) is 23.2. The summed E-state index contributed by atoms with van der Waals surface area (Å²) in [4.78, 5) is 39.5. The zero-order valence-corrected chi connectivity index (χ0v) is 22.3. The number of H-pyrrole nitrogens is 3. The van der Waals surface area contributed by atoms with Crippen LogP contribution in [-0.4, -0.2) is 55.6 Å². The smallest absolute Gasteiger partial charge is 0.246 e. The second-order valence-electron chi connectivity index (χ2n) is 10.1. The third kappa shape index (κ3) is 4.11. The molecular formula is C30H21N13. The van der Waals surface area contributed by atoms with Gasteiger partial charge in [0.05, 0.1) is 0 Å². The quantitative estimate of drug-likeness (QED) is 0.174. The van der Waals surface area contributed by atoms with Crippen molar-refractivity contribution in [3.05, 3.63) is 91.4 Å². The maximum absolute atomic E-state index is 4.71. The molecule has 0 saturated carbocycles. The van der Waals surface area contributed by atoms with E-state index in [-0.39, 0.29) is 0 Å². The van der Waals surface area contributed by atoms with E-state index >= 15 is 0 Å². The van der Waals surface area contributed by atoms with Crippen LogP contribution in [0.1, 0.15) is 0 Å². The van der Waals surface area contributed by atoms with E-state index in [9.17, 15) is 0 Å². The number of benzene rings is 3. The average Bonchev–Trinajstić information content (AvgIpc) is 3.77. The molecule has 13 heteroatoms. The maximum Gasteiger partial charge on any atom is 0.246 e. The van der Waals surface area contributed by atoms with Crippen LogP contribution in [0.25, 0.3) is 32.7 Å². The molecule has 0 fully saturated rings. The van der Waals surface area contributed by atoms with Crippen molar-refractivity contribution in [3.63, 3.8) is 0 Å². The topological polar surface area (TPSA) is 161 Å². The van der Waals surface area contributed by atoms with Crippen LogP contribution >= 0.6 is 0 Å². The summed E-state index contributed by atoms with van der Waals surface area (Å²) in [5.74, 6) is 2.04. The van der Waals surface area contributed by atoms with Crippen LogP contribution in [-0.2, 0) is 0 Å². The second-order valence-corrected chi connectivity index (χ2v) is 10.1. The van der Waals surface area contributed by atoms with E-state index in [4.69, 9.17) is 30.0 Å². The third-order valence-electron chi connectivity index (χ3n) is 7.26. The number of aromatic amines is 3. The molecular weight excluding hydrogens is 542 g/mol. The van der Waals surface area contributed by atoms with Gasteiger partial charge in [-0.05, 0) is 72.8 Å². The first-order chi connectivity index (χ1) is 21.2. The minimum absolute atomic E-state index is 0.339. The zero-order valence-electron chi connectivity index (χ0n) is 22.3. The molecule has 206 valence electrons. The Labute approximate surface area is 242 Å². The first-order valence-corrected chi connectivity index (χ1v) is 13.6. The van der Waals surface area contributed by atoms with Crippen molar-refractivity contribution in [1.82, 2.24) is 19.9 Å². The molecule has 0 bridgehead atoms. The Morgan fingerprint density at radius 3 is 1.12 bits per heavy atom. The molecule has 0 amide bonds. The summed E-state index contributed by atoms with van der Waals surface area (Å²) in [5.41, 5.74) is 5.63. The Morgan fingerprint density at radius 1 is 0.419 bits per heavy atom. The molecule has 6 aromatic rings. The summed E-state index contributed by atoms with van der Waals surface area (Å²) < 4.78 is 0. The lowest BCUT2D eigenvalue weighted by Crippen LogP contribution is -2.49. The van der Waals surface area contributed by atoms with Crippen molar-refractivity contribution in [2.45, 2.75) is 0 Å². The van der Waals surface area contributed by atoms with Gasteiger partial charge in [-0.1, -0.05) is 0 Å². The molecule has 0 radical (unpaired) electrons. The molecule has 0 atom stereocenters. The summed E-state index contributed by atoms with van der Waals surface area (Å²) in [6.07, 6.45) is 5.72. The Bertz CT molecular complexity index is 2030. The number of fused-ring (bicyclic) bond motifs is 3. The van der Waals surface area contributed by atoms with Crippen molar-refractivity contribution in [2.24, 2.45) is 30.0 Å². The van der Waals surface area contributed by atoms with Gasteiger partial charge in [0.1, 0.15) is 0 Å². The van der Waals surface area contributed by atoms with Crippen LogP contribution in [0, 0.1) is 0 Å². The summed E-state index contributed by atoms with van der Waals surface area (Å²) in [5, 5.41) is 13.1. The minimum Gasteiger partial charge on any atom is -0.361 e. The number of aromatic nitrogens is 3. The predicted molar refractivity (Wildman–Crippen MR) is 172 cm³/mol. The van der Waals surface area contributed by atoms with E-state index in [1.807, 2.05) is 91.4 Å². The lowest BCUT2D eigenvalue weighted by molar-refractivity contribution is 0.826. The van der Waals surface area contributed by atoms with Crippen LogP contribution in [0.4, 0.5) is 17.1 Å². The molecule has 43 heavy (non-hydrogen) atoms. The number of hydrogen-bond acceptors (Lipinski definition) is 10. The van der Waals surface area contributed by atoms with E-state index in [1.165, 1.54) is 0 Å². The fourth-order valence-corrected chi connectivity index (χ4v) is 5.23. The molecule has 0 saturated heterocycles. The van der Waals surface area contributed by atoms with Crippen LogP contribution in [0.3, 0.4) is 0 Å².